The number of alkyl halides is 2. The maximum Gasteiger partial charge on any atom is 0.272 e. The van der Waals surface area contributed by atoms with E-state index in [2.05, 4.69) is 14.9 Å². The normalized spacial score (nSPS) is 10.5. The van der Waals surface area contributed by atoms with E-state index in [0.29, 0.717) is 0 Å². The number of halogens is 2. The summed E-state index contributed by atoms with van der Waals surface area (Å²) in [4.78, 5) is 0. The molecule has 1 aromatic heterocycles. The summed E-state index contributed by atoms with van der Waals surface area (Å²) in [5, 5.41) is 7.34. The Hall–Kier alpha value is -1.26. The predicted octanol–water partition coefficient (Wildman–Crippen LogP) is 1.74. The molecule has 72 valence electrons. The van der Waals surface area contributed by atoms with Gasteiger partial charge in [0, 0.05) is 6.07 Å². The van der Waals surface area contributed by atoms with E-state index in [1.165, 1.54) is 0 Å². The van der Waals surface area contributed by atoms with Crippen LogP contribution in [0.4, 0.5) is 8.78 Å². The van der Waals surface area contributed by atoms with Gasteiger partial charge in [0.05, 0.1) is 5.69 Å². The fraction of sp³-hybridized carbons (Fsp3) is 0.500. The minimum Gasteiger partial charge on any atom is -0.471 e. The Bertz CT molecular complexity index is 291. The Morgan fingerprint density at radius 3 is 2.62 bits per heavy atom. The van der Waals surface area contributed by atoms with Gasteiger partial charge in [0.1, 0.15) is 0 Å². The Kier molecular flexibility index (Phi) is 3.11. The third kappa shape index (κ3) is 2.93. The van der Waals surface area contributed by atoms with Crippen LogP contribution in [0.5, 0.6) is 5.88 Å². The van der Waals surface area contributed by atoms with Crippen molar-refractivity contribution in [2.45, 2.75) is 20.3 Å². The van der Waals surface area contributed by atoms with Crippen LogP contribution in [0.2, 0.25) is 0 Å². The lowest BCUT2D eigenvalue weighted by Gasteiger charge is -2.04. The highest BCUT2D eigenvalue weighted by molar-refractivity contribution is 5.21. The van der Waals surface area contributed by atoms with Crippen molar-refractivity contribution >= 4 is 0 Å². The molecule has 0 atom stereocenters. The molecule has 0 aliphatic carbocycles. The van der Waals surface area contributed by atoms with Crippen molar-refractivity contribution in [2.75, 3.05) is 6.61 Å². The van der Waals surface area contributed by atoms with Crippen LogP contribution in [0.3, 0.4) is 0 Å². The third-order valence-corrected chi connectivity index (χ3v) is 1.57. The molecule has 0 N–H and O–H groups in total. The number of ether oxygens (including phenoxy) is 1. The molecule has 0 aromatic carbocycles. The predicted molar refractivity (Wildman–Crippen MR) is 43.0 cm³/mol. The molecular formula is C8H10F2N2O. The first kappa shape index (κ1) is 9.83. The van der Waals surface area contributed by atoms with Gasteiger partial charge in [0.25, 0.3) is 6.43 Å². The maximum atomic E-state index is 11.7. The smallest absolute Gasteiger partial charge is 0.272 e. The summed E-state index contributed by atoms with van der Waals surface area (Å²) < 4.78 is 28.1. The van der Waals surface area contributed by atoms with E-state index in [1.54, 1.807) is 13.0 Å². The highest BCUT2D eigenvalue weighted by Gasteiger charge is 2.05. The number of nitrogens with zero attached hydrogens (tertiary/aromatic N) is 2. The monoisotopic (exact) mass is 188 g/mol. The van der Waals surface area contributed by atoms with E-state index >= 15 is 0 Å². The Morgan fingerprint density at radius 2 is 2.08 bits per heavy atom. The molecule has 0 aliphatic rings. The van der Waals surface area contributed by atoms with Crippen molar-refractivity contribution in [3.8, 4) is 5.88 Å². The molecule has 0 unspecified atom stereocenters. The second-order valence-corrected chi connectivity index (χ2v) is 2.65. The van der Waals surface area contributed by atoms with Crippen LogP contribution in [0.15, 0.2) is 6.07 Å². The van der Waals surface area contributed by atoms with Crippen LogP contribution in [-0.2, 0) is 0 Å². The number of aromatic nitrogens is 2. The second-order valence-electron chi connectivity index (χ2n) is 2.65. The zero-order valence-corrected chi connectivity index (χ0v) is 7.42. The molecule has 0 aliphatic heterocycles. The zero-order valence-electron chi connectivity index (χ0n) is 7.42. The van der Waals surface area contributed by atoms with Gasteiger partial charge in [-0.15, -0.1) is 5.10 Å². The first-order valence-corrected chi connectivity index (χ1v) is 3.81. The SMILES string of the molecule is Cc1cc(OCC(F)F)nnc1C. The molecule has 1 rings (SSSR count). The largest absolute Gasteiger partial charge is 0.471 e. The highest BCUT2D eigenvalue weighted by Crippen LogP contribution is 2.10. The number of hydrogen-bond acceptors (Lipinski definition) is 3. The molecule has 13 heavy (non-hydrogen) atoms. The van der Waals surface area contributed by atoms with Crippen LogP contribution in [0, 0.1) is 13.8 Å². The van der Waals surface area contributed by atoms with Gasteiger partial charge >= 0.3 is 0 Å². The third-order valence-electron chi connectivity index (χ3n) is 1.57. The number of aryl methyl sites for hydroxylation is 2. The number of rotatable bonds is 3. The molecule has 0 bridgehead atoms. The van der Waals surface area contributed by atoms with Crippen molar-refractivity contribution in [1.82, 2.24) is 10.2 Å². The van der Waals surface area contributed by atoms with Crippen LogP contribution in [0.25, 0.3) is 0 Å². The molecule has 3 nitrogen and oxygen atoms in total. The van der Waals surface area contributed by atoms with Crippen molar-refractivity contribution in [3.63, 3.8) is 0 Å². The molecule has 1 aromatic rings. The van der Waals surface area contributed by atoms with Gasteiger partial charge < -0.3 is 4.74 Å². The lowest BCUT2D eigenvalue weighted by atomic mass is 10.2. The van der Waals surface area contributed by atoms with E-state index in [1.807, 2.05) is 6.92 Å². The Morgan fingerprint density at radius 1 is 1.38 bits per heavy atom. The van der Waals surface area contributed by atoms with Gasteiger partial charge in [-0.1, -0.05) is 0 Å². The summed E-state index contributed by atoms with van der Waals surface area (Å²) in [7, 11) is 0. The first-order valence-electron chi connectivity index (χ1n) is 3.81. The zero-order chi connectivity index (χ0) is 9.84. The molecule has 0 amide bonds. The summed E-state index contributed by atoms with van der Waals surface area (Å²) in [6.45, 7) is 2.97. The molecule has 0 spiro atoms. The molecule has 1 heterocycles. The van der Waals surface area contributed by atoms with Crippen LogP contribution in [0.1, 0.15) is 11.3 Å². The van der Waals surface area contributed by atoms with Gasteiger partial charge in [0.15, 0.2) is 6.61 Å². The standard InChI is InChI=1S/C8H10F2N2O/c1-5-3-8(12-11-6(5)2)13-4-7(9)10/h3,7H,4H2,1-2H3. The fourth-order valence-electron chi connectivity index (χ4n) is 0.741. The number of hydrogen-bond donors (Lipinski definition) is 0. The molecule has 0 radical (unpaired) electrons. The van der Waals surface area contributed by atoms with Crippen LogP contribution < -0.4 is 4.74 Å². The van der Waals surface area contributed by atoms with Crippen molar-refractivity contribution < 1.29 is 13.5 Å². The van der Waals surface area contributed by atoms with E-state index in [-0.39, 0.29) is 5.88 Å². The van der Waals surface area contributed by atoms with Gasteiger partial charge in [0.2, 0.25) is 5.88 Å². The lowest BCUT2D eigenvalue weighted by Crippen LogP contribution is -2.08. The minimum absolute atomic E-state index is 0.142. The fourth-order valence-corrected chi connectivity index (χ4v) is 0.741. The van der Waals surface area contributed by atoms with Gasteiger partial charge in [-0.3, -0.25) is 0 Å². The summed E-state index contributed by atoms with van der Waals surface area (Å²) >= 11 is 0. The van der Waals surface area contributed by atoms with E-state index in [4.69, 9.17) is 0 Å². The van der Waals surface area contributed by atoms with E-state index < -0.39 is 13.0 Å². The van der Waals surface area contributed by atoms with Crippen molar-refractivity contribution in [3.05, 3.63) is 17.3 Å². The van der Waals surface area contributed by atoms with Crippen LogP contribution >= 0.6 is 0 Å². The highest BCUT2D eigenvalue weighted by atomic mass is 19.3. The van der Waals surface area contributed by atoms with E-state index in [0.717, 1.165) is 11.3 Å². The second kappa shape index (κ2) is 4.11. The maximum absolute atomic E-state index is 11.7. The Labute approximate surface area is 74.7 Å². The minimum atomic E-state index is -2.48. The molecule has 0 saturated heterocycles. The summed E-state index contributed by atoms with van der Waals surface area (Å²) in [6, 6.07) is 1.59. The molecule has 5 heteroatoms. The lowest BCUT2D eigenvalue weighted by molar-refractivity contribution is 0.0790. The first-order chi connectivity index (χ1) is 6.09. The average molecular weight is 188 g/mol. The van der Waals surface area contributed by atoms with Gasteiger partial charge in [-0.2, -0.15) is 5.10 Å². The molecular weight excluding hydrogens is 178 g/mol. The quantitative estimate of drug-likeness (QED) is 0.724. The van der Waals surface area contributed by atoms with Crippen molar-refractivity contribution in [1.29, 1.82) is 0 Å². The van der Waals surface area contributed by atoms with E-state index in [9.17, 15) is 8.78 Å². The van der Waals surface area contributed by atoms with Crippen LogP contribution in [-0.4, -0.2) is 23.2 Å². The summed E-state index contributed by atoms with van der Waals surface area (Å²) in [6.07, 6.45) is -2.48. The molecule has 0 saturated carbocycles. The summed E-state index contributed by atoms with van der Waals surface area (Å²) in [5.74, 6) is 0.142. The van der Waals surface area contributed by atoms with Gasteiger partial charge in [-0.05, 0) is 19.4 Å². The average Bonchev–Trinajstić information content (AvgIpc) is 2.07. The Balaban J connectivity index is 2.63. The van der Waals surface area contributed by atoms with Crippen molar-refractivity contribution in [2.24, 2.45) is 0 Å². The van der Waals surface area contributed by atoms with Gasteiger partial charge in [-0.25, -0.2) is 8.78 Å². The topological polar surface area (TPSA) is 35.0 Å². The summed E-state index contributed by atoms with van der Waals surface area (Å²) in [5.41, 5.74) is 1.64. The molecule has 0 fully saturated rings.